The number of anilines is 2. The third-order valence-corrected chi connectivity index (χ3v) is 2.67. The van der Waals surface area contributed by atoms with Crippen LogP contribution in [0.25, 0.3) is 0 Å². The van der Waals surface area contributed by atoms with Crippen LogP contribution in [0.15, 0.2) is 12.3 Å². The molecule has 0 aliphatic heterocycles. The van der Waals surface area contributed by atoms with Crippen molar-refractivity contribution in [3.05, 3.63) is 17.8 Å². The van der Waals surface area contributed by atoms with E-state index in [1.165, 1.54) is 6.20 Å². The van der Waals surface area contributed by atoms with Crippen LogP contribution in [0.3, 0.4) is 0 Å². The van der Waals surface area contributed by atoms with Crippen molar-refractivity contribution in [1.82, 2.24) is 4.98 Å². The zero-order chi connectivity index (χ0) is 13.9. The van der Waals surface area contributed by atoms with Crippen molar-refractivity contribution in [3.8, 4) is 0 Å². The Kier molecular flexibility index (Phi) is 4.53. The molecule has 4 N–H and O–H groups in total. The van der Waals surface area contributed by atoms with Gasteiger partial charge < -0.3 is 16.4 Å². The van der Waals surface area contributed by atoms with Gasteiger partial charge in [-0.25, -0.2) is 4.98 Å². The topological polar surface area (TPSA) is 85.2 Å². The quantitative estimate of drug-likeness (QED) is 0.831. The lowest BCUT2D eigenvalue weighted by Gasteiger charge is -2.30. The number of amides is 1. The summed E-state index contributed by atoms with van der Waals surface area (Å²) >= 11 is 0. The summed E-state index contributed by atoms with van der Waals surface area (Å²) in [6, 6.07) is 1.96. The maximum Gasteiger partial charge on any atom is 0.250 e. The zero-order valence-corrected chi connectivity index (χ0v) is 11.5. The van der Waals surface area contributed by atoms with Gasteiger partial charge in [-0.1, -0.05) is 13.8 Å². The van der Waals surface area contributed by atoms with E-state index < -0.39 is 5.91 Å². The van der Waals surface area contributed by atoms with Gasteiger partial charge in [0, 0.05) is 12.6 Å². The minimum Gasteiger partial charge on any atom is -0.397 e. The van der Waals surface area contributed by atoms with Crippen molar-refractivity contribution in [2.75, 3.05) is 17.2 Å². The third kappa shape index (κ3) is 3.35. The molecule has 0 aliphatic rings. The highest BCUT2D eigenvalue weighted by Gasteiger charge is 2.16. The van der Waals surface area contributed by atoms with E-state index in [1.807, 2.05) is 0 Å². The minimum absolute atomic E-state index is 0.296. The number of hydrogen-bond acceptors (Lipinski definition) is 4. The first kappa shape index (κ1) is 14.3. The molecule has 0 aliphatic carbocycles. The molecule has 0 fully saturated rings. The Bertz CT molecular complexity index is 429. The SMILES string of the molecule is CC(C)CN(c1cc(C(N)=O)c(N)cn1)C(C)C. The van der Waals surface area contributed by atoms with Crippen molar-refractivity contribution >= 4 is 17.4 Å². The molecule has 0 aromatic carbocycles. The molecule has 0 saturated carbocycles. The van der Waals surface area contributed by atoms with Gasteiger partial charge >= 0.3 is 0 Å². The summed E-state index contributed by atoms with van der Waals surface area (Å²) in [7, 11) is 0. The Morgan fingerprint density at radius 3 is 2.44 bits per heavy atom. The van der Waals surface area contributed by atoms with E-state index in [9.17, 15) is 4.79 Å². The number of nitrogens with zero attached hydrogens (tertiary/aromatic N) is 2. The van der Waals surface area contributed by atoms with Gasteiger partial charge in [-0.3, -0.25) is 4.79 Å². The normalized spacial score (nSPS) is 11.0. The van der Waals surface area contributed by atoms with Crippen molar-refractivity contribution in [1.29, 1.82) is 0 Å². The molecule has 1 aromatic heterocycles. The number of rotatable bonds is 5. The summed E-state index contributed by atoms with van der Waals surface area (Å²) < 4.78 is 0. The Hall–Kier alpha value is -1.78. The lowest BCUT2D eigenvalue weighted by Crippen LogP contribution is -2.35. The standard InChI is InChI=1S/C13H22N4O/c1-8(2)7-17(9(3)4)12-5-10(13(15)18)11(14)6-16-12/h5-6,8-9H,7,14H2,1-4H3,(H2,15,18). The van der Waals surface area contributed by atoms with Gasteiger partial charge in [-0.05, 0) is 25.8 Å². The number of carbonyl (C=O) groups is 1. The fraction of sp³-hybridized carbons (Fsp3) is 0.538. The molecule has 1 heterocycles. The highest BCUT2D eigenvalue weighted by atomic mass is 16.1. The Morgan fingerprint density at radius 1 is 1.39 bits per heavy atom. The number of carbonyl (C=O) groups excluding carboxylic acids is 1. The van der Waals surface area contributed by atoms with Crippen LogP contribution in [0.5, 0.6) is 0 Å². The first-order valence-corrected chi connectivity index (χ1v) is 6.14. The molecule has 0 radical (unpaired) electrons. The lowest BCUT2D eigenvalue weighted by atomic mass is 10.1. The molecule has 18 heavy (non-hydrogen) atoms. The minimum atomic E-state index is -0.524. The second-order valence-corrected chi connectivity index (χ2v) is 5.13. The van der Waals surface area contributed by atoms with Gasteiger partial charge in [0.25, 0.3) is 5.91 Å². The molecule has 100 valence electrons. The number of pyridine rings is 1. The van der Waals surface area contributed by atoms with Crippen molar-refractivity contribution in [3.63, 3.8) is 0 Å². The largest absolute Gasteiger partial charge is 0.397 e. The Morgan fingerprint density at radius 2 is 2.00 bits per heavy atom. The molecular formula is C13H22N4O. The summed E-state index contributed by atoms with van der Waals surface area (Å²) in [6.07, 6.45) is 1.49. The average molecular weight is 250 g/mol. The highest BCUT2D eigenvalue weighted by Crippen LogP contribution is 2.20. The van der Waals surface area contributed by atoms with Crippen LogP contribution in [0.1, 0.15) is 38.1 Å². The van der Waals surface area contributed by atoms with Gasteiger partial charge in [0.1, 0.15) is 5.82 Å². The van der Waals surface area contributed by atoms with Crippen molar-refractivity contribution < 1.29 is 4.79 Å². The van der Waals surface area contributed by atoms with Crippen LogP contribution in [-0.2, 0) is 0 Å². The number of nitrogens with two attached hydrogens (primary N) is 2. The Balaban J connectivity index is 3.13. The molecular weight excluding hydrogens is 228 g/mol. The van der Waals surface area contributed by atoms with E-state index in [2.05, 4.69) is 37.6 Å². The van der Waals surface area contributed by atoms with Gasteiger partial charge in [0.15, 0.2) is 0 Å². The molecule has 0 saturated heterocycles. The average Bonchev–Trinajstić information content (AvgIpc) is 2.26. The number of nitrogen functional groups attached to an aromatic ring is 1. The fourth-order valence-corrected chi connectivity index (χ4v) is 1.79. The summed E-state index contributed by atoms with van der Waals surface area (Å²) in [5.74, 6) is 0.717. The molecule has 0 bridgehead atoms. The molecule has 0 atom stereocenters. The van der Waals surface area contributed by atoms with E-state index >= 15 is 0 Å². The molecule has 5 heteroatoms. The van der Waals surface area contributed by atoms with Gasteiger partial charge in [0.2, 0.25) is 0 Å². The Labute approximate surface area is 108 Å². The molecule has 1 rings (SSSR count). The predicted molar refractivity (Wildman–Crippen MR) is 74.5 cm³/mol. The van der Waals surface area contributed by atoms with Crippen LogP contribution in [-0.4, -0.2) is 23.5 Å². The number of aromatic nitrogens is 1. The summed E-state index contributed by atoms with van der Waals surface area (Å²) in [5.41, 5.74) is 11.6. The van der Waals surface area contributed by atoms with Crippen LogP contribution in [0.4, 0.5) is 11.5 Å². The smallest absolute Gasteiger partial charge is 0.250 e. The second kappa shape index (κ2) is 5.71. The number of hydrogen-bond donors (Lipinski definition) is 2. The van der Waals surface area contributed by atoms with E-state index in [1.54, 1.807) is 6.07 Å². The molecule has 0 spiro atoms. The van der Waals surface area contributed by atoms with Gasteiger partial charge in [-0.15, -0.1) is 0 Å². The number of primary amides is 1. The summed E-state index contributed by atoms with van der Waals surface area (Å²) in [6.45, 7) is 9.32. The summed E-state index contributed by atoms with van der Waals surface area (Å²) in [5, 5.41) is 0. The fourth-order valence-electron chi connectivity index (χ4n) is 1.79. The molecule has 1 amide bonds. The first-order valence-electron chi connectivity index (χ1n) is 6.14. The van der Waals surface area contributed by atoms with Crippen molar-refractivity contribution in [2.24, 2.45) is 11.7 Å². The maximum absolute atomic E-state index is 11.3. The molecule has 1 aromatic rings. The molecule has 5 nitrogen and oxygen atoms in total. The van der Waals surface area contributed by atoms with E-state index in [-0.39, 0.29) is 0 Å². The zero-order valence-electron chi connectivity index (χ0n) is 11.5. The van der Waals surface area contributed by atoms with E-state index in [0.29, 0.717) is 23.2 Å². The van der Waals surface area contributed by atoms with E-state index in [4.69, 9.17) is 11.5 Å². The second-order valence-electron chi connectivity index (χ2n) is 5.13. The first-order chi connectivity index (χ1) is 8.32. The van der Waals surface area contributed by atoms with Crippen LogP contribution in [0, 0.1) is 5.92 Å². The monoisotopic (exact) mass is 250 g/mol. The van der Waals surface area contributed by atoms with Gasteiger partial charge in [-0.2, -0.15) is 0 Å². The molecule has 0 unspecified atom stereocenters. The predicted octanol–water partition coefficient (Wildman–Crippen LogP) is 1.63. The lowest BCUT2D eigenvalue weighted by molar-refractivity contribution is 0.100. The van der Waals surface area contributed by atoms with Crippen LogP contribution >= 0.6 is 0 Å². The van der Waals surface area contributed by atoms with E-state index in [0.717, 1.165) is 12.4 Å². The summed E-state index contributed by atoms with van der Waals surface area (Å²) in [4.78, 5) is 17.7. The van der Waals surface area contributed by atoms with Crippen LogP contribution < -0.4 is 16.4 Å². The van der Waals surface area contributed by atoms with Gasteiger partial charge in [0.05, 0.1) is 17.4 Å². The third-order valence-electron chi connectivity index (χ3n) is 2.67. The van der Waals surface area contributed by atoms with Crippen molar-refractivity contribution in [2.45, 2.75) is 33.7 Å². The highest BCUT2D eigenvalue weighted by molar-refractivity contribution is 5.98. The maximum atomic E-state index is 11.3. The van der Waals surface area contributed by atoms with Crippen LogP contribution in [0.2, 0.25) is 0 Å².